The van der Waals surface area contributed by atoms with Gasteiger partial charge in [0.1, 0.15) is 0 Å². The molecule has 21 heavy (non-hydrogen) atoms. The molecule has 0 heterocycles. The van der Waals surface area contributed by atoms with Gasteiger partial charge in [-0.25, -0.2) is 9.59 Å². The van der Waals surface area contributed by atoms with Crippen molar-refractivity contribution >= 4 is 46.0 Å². The number of nitro groups is 1. The Kier molecular flexibility index (Phi) is 6.09. The topological polar surface area (TPSA) is 110 Å². The number of amides is 1. The Bertz CT molecular complexity index is 601. The summed E-state index contributed by atoms with van der Waals surface area (Å²) < 4.78 is 4.81. The molecule has 0 bridgehead atoms. The van der Waals surface area contributed by atoms with Crippen molar-refractivity contribution in [1.29, 1.82) is 0 Å². The molecule has 1 aromatic carbocycles. The van der Waals surface area contributed by atoms with Gasteiger partial charge < -0.3 is 9.84 Å². The molecule has 112 valence electrons. The maximum Gasteiger partial charge on any atom is 0.412 e. The van der Waals surface area contributed by atoms with Gasteiger partial charge in [-0.2, -0.15) is 0 Å². The molecule has 0 aromatic heterocycles. The Labute approximate surface area is 133 Å². The summed E-state index contributed by atoms with van der Waals surface area (Å²) in [6, 6.07) is 3.84. The van der Waals surface area contributed by atoms with Gasteiger partial charge in [-0.1, -0.05) is 6.08 Å². The average Bonchev–Trinajstić information content (AvgIpc) is 2.43. The van der Waals surface area contributed by atoms with Gasteiger partial charge in [0.25, 0.3) is 5.69 Å². The predicted octanol–water partition coefficient (Wildman–Crippen LogP) is 2.41. The molecule has 0 aliphatic carbocycles. The molecule has 0 saturated carbocycles. The van der Waals surface area contributed by atoms with E-state index >= 15 is 0 Å². The van der Waals surface area contributed by atoms with Crippen molar-refractivity contribution in [3.8, 4) is 0 Å². The molecule has 1 aromatic rings. The van der Waals surface area contributed by atoms with Crippen LogP contribution < -0.4 is 4.90 Å². The molecule has 8 nitrogen and oxygen atoms in total. The predicted molar refractivity (Wildman–Crippen MR) is 82.3 cm³/mol. The Morgan fingerprint density at radius 1 is 1.52 bits per heavy atom. The summed E-state index contributed by atoms with van der Waals surface area (Å²) in [6.45, 7) is -0.0851. The highest BCUT2D eigenvalue weighted by atomic mass is 127. The number of hydrogen-bond acceptors (Lipinski definition) is 5. The zero-order valence-electron chi connectivity index (χ0n) is 10.9. The van der Waals surface area contributed by atoms with Crippen molar-refractivity contribution in [2.24, 2.45) is 0 Å². The van der Waals surface area contributed by atoms with E-state index in [4.69, 9.17) is 0 Å². The Hall–Kier alpha value is -2.17. The van der Waals surface area contributed by atoms with Crippen molar-refractivity contribution in [2.75, 3.05) is 18.6 Å². The summed E-state index contributed by atoms with van der Waals surface area (Å²) in [5.41, 5.74) is 0.168. The lowest BCUT2D eigenvalue weighted by atomic mass is 10.2. The van der Waals surface area contributed by atoms with Crippen LogP contribution in [-0.4, -0.2) is 35.7 Å². The fraction of sp³-hybridized carbons (Fsp3) is 0.167. The van der Waals surface area contributed by atoms with Crippen LogP contribution >= 0.6 is 22.6 Å². The van der Waals surface area contributed by atoms with Crippen LogP contribution in [-0.2, 0) is 9.53 Å². The molecule has 0 atom stereocenters. The molecule has 1 rings (SSSR count). The molecule has 0 aliphatic rings. The number of nitro benzene ring substituents is 1. The van der Waals surface area contributed by atoms with Crippen molar-refractivity contribution in [2.45, 2.75) is 0 Å². The van der Waals surface area contributed by atoms with Gasteiger partial charge in [-0.05, 0) is 28.7 Å². The summed E-state index contributed by atoms with van der Waals surface area (Å²) in [5.74, 6) is -0.598. The number of nitrogens with zero attached hydrogens (tertiary/aromatic N) is 2. The SMILES string of the molecule is COC(=O)C=CCN(C(=O)O)c1ccc([N+](=O)[O-])cc1I. The van der Waals surface area contributed by atoms with Crippen LogP contribution in [0.3, 0.4) is 0 Å². The van der Waals surface area contributed by atoms with E-state index in [1.165, 1.54) is 31.4 Å². The molecular formula is C12H11IN2O6. The van der Waals surface area contributed by atoms with E-state index in [1.54, 1.807) is 0 Å². The third kappa shape index (κ3) is 4.70. The number of ether oxygens (including phenoxy) is 1. The molecule has 0 saturated heterocycles. The number of hydrogen-bond donors (Lipinski definition) is 1. The quantitative estimate of drug-likeness (QED) is 0.265. The van der Waals surface area contributed by atoms with E-state index in [0.29, 0.717) is 9.26 Å². The van der Waals surface area contributed by atoms with Gasteiger partial charge in [0.15, 0.2) is 0 Å². The van der Waals surface area contributed by atoms with Gasteiger partial charge in [-0.3, -0.25) is 15.0 Å². The molecule has 0 spiro atoms. The molecule has 0 radical (unpaired) electrons. The zero-order valence-corrected chi connectivity index (χ0v) is 13.0. The number of carbonyl (C=O) groups excluding carboxylic acids is 1. The fourth-order valence-corrected chi connectivity index (χ4v) is 2.22. The maximum atomic E-state index is 11.3. The molecule has 9 heteroatoms. The lowest BCUT2D eigenvalue weighted by Gasteiger charge is -2.18. The van der Waals surface area contributed by atoms with Gasteiger partial charge in [0.05, 0.1) is 17.7 Å². The number of halogens is 1. The van der Waals surface area contributed by atoms with Gasteiger partial charge >= 0.3 is 12.1 Å². The van der Waals surface area contributed by atoms with E-state index in [2.05, 4.69) is 4.74 Å². The zero-order chi connectivity index (χ0) is 16.0. The molecular weight excluding hydrogens is 395 g/mol. The fourth-order valence-electron chi connectivity index (χ4n) is 1.43. The highest BCUT2D eigenvalue weighted by Gasteiger charge is 2.18. The third-order valence-electron chi connectivity index (χ3n) is 2.41. The Morgan fingerprint density at radius 3 is 2.67 bits per heavy atom. The largest absolute Gasteiger partial charge is 0.466 e. The van der Waals surface area contributed by atoms with E-state index in [-0.39, 0.29) is 12.2 Å². The van der Waals surface area contributed by atoms with E-state index in [0.717, 1.165) is 11.0 Å². The first-order valence-corrected chi connectivity index (χ1v) is 6.63. The molecule has 1 amide bonds. The first-order valence-electron chi connectivity index (χ1n) is 5.55. The minimum atomic E-state index is -1.24. The second kappa shape index (κ2) is 7.57. The lowest BCUT2D eigenvalue weighted by Crippen LogP contribution is -2.30. The van der Waals surface area contributed by atoms with E-state index in [9.17, 15) is 24.8 Å². The highest BCUT2D eigenvalue weighted by Crippen LogP contribution is 2.27. The van der Waals surface area contributed by atoms with Crippen LogP contribution in [0.1, 0.15) is 0 Å². The minimum Gasteiger partial charge on any atom is -0.466 e. The van der Waals surface area contributed by atoms with Crippen LogP contribution in [0.15, 0.2) is 30.4 Å². The van der Waals surface area contributed by atoms with Crippen molar-refractivity contribution in [3.05, 3.63) is 44.0 Å². The summed E-state index contributed by atoms with van der Waals surface area (Å²) in [7, 11) is 1.21. The number of esters is 1. The second-order valence-corrected chi connectivity index (χ2v) is 4.87. The Morgan fingerprint density at radius 2 is 2.19 bits per heavy atom. The minimum absolute atomic E-state index is 0.0851. The smallest absolute Gasteiger partial charge is 0.412 e. The standard InChI is InChI=1S/C12H11IN2O6/c1-21-11(16)3-2-6-14(12(17)18)10-5-4-8(15(19)20)7-9(10)13/h2-5,7H,6H2,1H3,(H,17,18). The van der Waals surface area contributed by atoms with Crippen molar-refractivity contribution in [3.63, 3.8) is 0 Å². The van der Waals surface area contributed by atoms with Crippen LogP contribution in [0.4, 0.5) is 16.2 Å². The van der Waals surface area contributed by atoms with Crippen LogP contribution in [0.5, 0.6) is 0 Å². The number of methoxy groups -OCH3 is 1. The summed E-state index contributed by atoms with van der Waals surface area (Å²) >= 11 is 1.82. The third-order valence-corrected chi connectivity index (χ3v) is 3.27. The van der Waals surface area contributed by atoms with Crippen molar-refractivity contribution < 1.29 is 24.4 Å². The van der Waals surface area contributed by atoms with Crippen LogP contribution in [0.25, 0.3) is 0 Å². The van der Waals surface area contributed by atoms with Crippen molar-refractivity contribution in [1.82, 2.24) is 0 Å². The lowest BCUT2D eigenvalue weighted by molar-refractivity contribution is -0.384. The van der Waals surface area contributed by atoms with Crippen LogP contribution in [0.2, 0.25) is 0 Å². The normalized spacial score (nSPS) is 10.4. The van der Waals surface area contributed by atoms with Crippen LogP contribution in [0, 0.1) is 13.7 Å². The van der Waals surface area contributed by atoms with Gasteiger partial charge in [0.2, 0.25) is 0 Å². The first kappa shape index (κ1) is 16.9. The highest BCUT2D eigenvalue weighted by molar-refractivity contribution is 14.1. The number of non-ortho nitro benzene ring substituents is 1. The summed E-state index contributed by atoms with van der Waals surface area (Å²) in [4.78, 5) is 33.2. The van der Waals surface area contributed by atoms with E-state index in [1.807, 2.05) is 22.6 Å². The number of carboxylic acid groups (broad SMARTS) is 1. The van der Waals surface area contributed by atoms with E-state index < -0.39 is 17.0 Å². The van der Waals surface area contributed by atoms with Gasteiger partial charge in [-0.15, -0.1) is 0 Å². The summed E-state index contributed by atoms with van der Waals surface area (Å²) in [5, 5.41) is 19.8. The molecule has 1 N–H and O–H groups in total. The number of anilines is 1. The molecule has 0 unspecified atom stereocenters. The summed E-state index contributed by atoms with van der Waals surface area (Å²) in [6.07, 6.45) is 1.20. The maximum absolute atomic E-state index is 11.3. The molecule has 0 aliphatic heterocycles. The molecule has 0 fully saturated rings. The first-order chi connectivity index (χ1) is 9.86. The average molecular weight is 406 g/mol. The number of benzene rings is 1. The number of carbonyl (C=O) groups is 2. The Balaban J connectivity index is 3.01. The van der Waals surface area contributed by atoms with Gasteiger partial charge in [0, 0.05) is 28.3 Å². The number of rotatable bonds is 5. The monoisotopic (exact) mass is 406 g/mol. The second-order valence-electron chi connectivity index (χ2n) is 3.71.